The van der Waals surface area contributed by atoms with Crippen molar-refractivity contribution in [1.29, 1.82) is 0 Å². The second kappa shape index (κ2) is 15.9. The van der Waals surface area contributed by atoms with E-state index in [1.807, 2.05) is 30.3 Å². The first-order valence-electron chi connectivity index (χ1n) is 13.4. The van der Waals surface area contributed by atoms with Gasteiger partial charge in [0.15, 0.2) is 0 Å². The number of nitrogens with one attached hydrogen (secondary N) is 3. The SMILES string of the molecule is O=C(O)CC(NC(=O)[C@@H](COC(=O)C(F)(F)F)NC(=O)CCCCNc1ccccn1)c1ccc(-c2ccccc2)cc1. The van der Waals surface area contributed by atoms with Gasteiger partial charge in [0.2, 0.25) is 11.8 Å². The molecule has 0 bridgehead atoms. The largest absolute Gasteiger partial charge is 0.490 e. The van der Waals surface area contributed by atoms with E-state index in [0.29, 0.717) is 30.8 Å². The van der Waals surface area contributed by atoms with Gasteiger partial charge in [-0.05, 0) is 41.7 Å². The quantitative estimate of drug-likeness (QED) is 0.150. The highest BCUT2D eigenvalue weighted by Gasteiger charge is 2.41. The molecule has 0 saturated heterocycles. The number of amides is 2. The van der Waals surface area contributed by atoms with Crippen LogP contribution in [0.2, 0.25) is 0 Å². The highest BCUT2D eigenvalue weighted by atomic mass is 19.4. The van der Waals surface area contributed by atoms with E-state index < -0.39 is 55.0 Å². The molecule has 0 radical (unpaired) electrons. The molecule has 43 heavy (non-hydrogen) atoms. The molecular formula is C30H31F3N4O6. The van der Waals surface area contributed by atoms with Crippen LogP contribution < -0.4 is 16.0 Å². The van der Waals surface area contributed by atoms with E-state index in [1.165, 1.54) is 0 Å². The van der Waals surface area contributed by atoms with E-state index in [0.717, 1.165) is 11.1 Å². The van der Waals surface area contributed by atoms with E-state index in [9.17, 15) is 37.5 Å². The van der Waals surface area contributed by atoms with Crippen molar-refractivity contribution in [3.63, 3.8) is 0 Å². The number of pyridine rings is 1. The smallest absolute Gasteiger partial charge is 0.481 e. The zero-order valence-electron chi connectivity index (χ0n) is 23.0. The Labute approximate surface area is 245 Å². The number of benzene rings is 2. The fourth-order valence-electron chi connectivity index (χ4n) is 4.02. The number of carboxylic acids is 1. The molecule has 3 rings (SSSR count). The van der Waals surface area contributed by atoms with Gasteiger partial charge >= 0.3 is 18.1 Å². The van der Waals surface area contributed by atoms with Gasteiger partial charge < -0.3 is 25.8 Å². The summed E-state index contributed by atoms with van der Waals surface area (Å²) in [6, 6.07) is 18.6. The Morgan fingerprint density at radius 3 is 2.16 bits per heavy atom. The van der Waals surface area contributed by atoms with Crippen LogP contribution in [0.5, 0.6) is 0 Å². The molecule has 10 nitrogen and oxygen atoms in total. The first kappa shape index (κ1) is 32.6. The zero-order chi connectivity index (χ0) is 31.2. The summed E-state index contributed by atoms with van der Waals surface area (Å²) in [4.78, 5) is 52.6. The molecule has 0 aliphatic carbocycles. The molecule has 0 fully saturated rings. The fraction of sp³-hybridized carbons (Fsp3) is 0.300. The topological polar surface area (TPSA) is 147 Å². The van der Waals surface area contributed by atoms with E-state index in [4.69, 9.17) is 0 Å². The number of hydrogen-bond acceptors (Lipinski definition) is 7. The lowest BCUT2D eigenvalue weighted by Gasteiger charge is -2.23. The third kappa shape index (κ3) is 11.1. The molecule has 2 aromatic carbocycles. The van der Waals surface area contributed by atoms with E-state index >= 15 is 0 Å². The van der Waals surface area contributed by atoms with Crippen LogP contribution in [0.4, 0.5) is 19.0 Å². The second-order valence-electron chi connectivity index (χ2n) is 9.46. The number of aromatic nitrogens is 1. The van der Waals surface area contributed by atoms with Crippen LogP contribution in [0.3, 0.4) is 0 Å². The van der Waals surface area contributed by atoms with Gasteiger partial charge in [-0.2, -0.15) is 13.2 Å². The summed E-state index contributed by atoms with van der Waals surface area (Å²) in [7, 11) is 0. The van der Waals surface area contributed by atoms with Crippen molar-refractivity contribution in [3.05, 3.63) is 84.6 Å². The first-order valence-corrected chi connectivity index (χ1v) is 13.4. The van der Waals surface area contributed by atoms with Crippen LogP contribution in [-0.4, -0.2) is 59.2 Å². The Hall–Kier alpha value is -4.94. The Balaban J connectivity index is 1.65. The van der Waals surface area contributed by atoms with Crippen LogP contribution in [0, 0.1) is 0 Å². The molecule has 0 saturated carbocycles. The number of carbonyl (C=O) groups excluding carboxylic acids is 3. The van der Waals surface area contributed by atoms with Crippen LogP contribution in [-0.2, 0) is 23.9 Å². The van der Waals surface area contributed by atoms with Gasteiger partial charge in [0.05, 0.1) is 12.5 Å². The van der Waals surface area contributed by atoms with Gasteiger partial charge in [0.25, 0.3) is 0 Å². The van der Waals surface area contributed by atoms with Gasteiger partial charge in [0, 0.05) is 19.2 Å². The minimum absolute atomic E-state index is 0.0690. The average Bonchev–Trinajstić information content (AvgIpc) is 2.99. The summed E-state index contributed by atoms with van der Waals surface area (Å²) in [5.41, 5.74) is 2.16. The number of nitrogens with zero attached hydrogens (tertiary/aromatic N) is 1. The highest BCUT2D eigenvalue weighted by Crippen LogP contribution is 2.24. The molecule has 2 atom stereocenters. The van der Waals surface area contributed by atoms with Crippen molar-refractivity contribution >= 4 is 29.6 Å². The minimum atomic E-state index is -5.31. The zero-order valence-corrected chi connectivity index (χ0v) is 23.0. The number of ether oxygens (including phenoxy) is 1. The predicted octanol–water partition coefficient (Wildman–Crippen LogP) is 4.25. The molecule has 4 N–H and O–H groups in total. The number of alkyl halides is 3. The molecule has 1 unspecified atom stereocenters. The van der Waals surface area contributed by atoms with Gasteiger partial charge in [-0.1, -0.05) is 60.7 Å². The summed E-state index contributed by atoms with van der Waals surface area (Å²) < 4.78 is 42.4. The van der Waals surface area contributed by atoms with E-state index in [1.54, 1.807) is 48.7 Å². The number of unbranched alkanes of at least 4 members (excludes halogenated alkanes) is 1. The molecule has 0 aliphatic heterocycles. The van der Waals surface area contributed by atoms with Crippen molar-refractivity contribution < 1.29 is 42.2 Å². The highest BCUT2D eigenvalue weighted by molar-refractivity contribution is 5.88. The number of carboxylic acid groups (broad SMARTS) is 1. The molecule has 0 aliphatic rings. The van der Waals surface area contributed by atoms with E-state index in [2.05, 4.69) is 25.7 Å². The molecule has 1 heterocycles. The molecule has 228 valence electrons. The fourth-order valence-corrected chi connectivity index (χ4v) is 4.02. The minimum Gasteiger partial charge on any atom is -0.481 e. The Kier molecular flexibility index (Phi) is 12.0. The standard InChI is InChI=1S/C30H31F3N4O6/c31-30(32,33)29(42)43-19-24(36-26(38)11-5-7-17-35-25-10-4-6-16-34-25)28(41)37-23(18-27(39)40)22-14-12-21(13-15-22)20-8-2-1-3-9-20/h1-4,6,8-10,12-16,23-24H,5,7,11,17-19H2,(H,34,35)(H,36,38)(H,37,41)(H,39,40)/t23?,24-/m1/s1. The molecule has 0 spiro atoms. The number of halogens is 3. The monoisotopic (exact) mass is 600 g/mol. The third-order valence-corrected chi connectivity index (χ3v) is 6.18. The van der Waals surface area contributed by atoms with Gasteiger partial charge in [-0.15, -0.1) is 0 Å². The number of aliphatic carboxylic acids is 1. The van der Waals surface area contributed by atoms with Crippen LogP contribution in [0.15, 0.2) is 79.0 Å². The normalized spacial score (nSPS) is 12.4. The van der Waals surface area contributed by atoms with Gasteiger partial charge in [-0.3, -0.25) is 14.4 Å². The lowest BCUT2D eigenvalue weighted by atomic mass is 9.99. The molecule has 2 amide bonds. The Morgan fingerprint density at radius 1 is 0.860 bits per heavy atom. The summed E-state index contributed by atoms with van der Waals surface area (Å²) >= 11 is 0. The molecule has 1 aromatic heterocycles. The van der Waals surface area contributed by atoms with Crippen LogP contribution in [0.1, 0.15) is 37.3 Å². The number of rotatable bonds is 15. The van der Waals surface area contributed by atoms with E-state index in [-0.39, 0.29) is 6.42 Å². The second-order valence-corrected chi connectivity index (χ2v) is 9.46. The summed E-state index contributed by atoms with van der Waals surface area (Å²) in [6.07, 6.45) is -3.39. The maximum absolute atomic E-state index is 13.1. The average molecular weight is 601 g/mol. The Morgan fingerprint density at radius 2 is 1.53 bits per heavy atom. The third-order valence-electron chi connectivity index (χ3n) is 6.18. The van der Waals surface area contributed by atoms with Gasteiger partial charge in [-0.25, -0.2) is 9.78 Å². The number of hydrogen-bond donors (Lipinski definition) is 4. The van der Waals surface area contributed by atoms with Crippen molar-refractivity contribution in [1.82, 2.24) is 15.6 Å². The number of anilines is 1. The molecular weight excluding hydrogens is 569 g/mol. The lowest BCUT2D eigenvalue weighted by molar-refractivity contribution is -0.200. The number of esters is 1. The van der Waals surface area contributed by atoms with Crippen molar-refractivity contribution in [2.24, 2.45) is 0 Å². The lowest BCUT2D eigenvalue weighted by Crippen LogP contribution is -2.51. The Bertz CT molecular complexity index is 1360. The van der Waals surface area contributed by atoms with Crippen molar-refractivity contribution in [2.45, 2.75) is 43.9 Å². The molecule has 13 heteroatoms. The summed E-state index contributed by atoms with van der Waals surface area (Å²) in [5.74, 6) is -4.80. The summed E-state index contributed by atoms with van der Waals surface area (Å²) in [6.45, 7) is -0.610. The maximum Gasteiger partial charge on any atom is 0.490 e. The number of carbonyl (C=O) groups is 4. The molecule has 3 aromatic rings. The van der Waals surface area contributed by atoms with Crippen molar-refractivity contribution in [2.75, 3.05) is 18.5 Å². The predicted molar refractivity (Wildman–Crippen MR) is 151 cm³/mol. The van der Waals surface area contributed by atoms with Crippen LogP contribution in [0.25, 0.3) is 11.1 Å². The van der Waals surface area contributed by atoms with Crippen molar-refractivity contribution in [3.8, 4) is 11.1 Å². The maximum atomic E-state index is 13.1. The van der Waals surface area contributed by atoms with Gasteiger partial charge in [0.1, 0.15) is 18.5 Å². The van der Waals surface area contributed by atoms with Crippen LogP contribution >= 0.6 is 0 Å². The summed E-state index contributed by atoms with van der Waals surface area (Å²) in [5, 5.41) is 17.3. The first-order chi connectivity index (χ1) is 20.5.